The van der Waals surface area contributed by atoms with Gasteiger partial charge in [-0.2, -0.15) is 0 Å². The van der Waals surface area contributed by atoms with Crippen LogP contribution in [0, 0.1) is 11.8 Å². The fourth-order valence-electron chi connectivity index (χ4n) is 2.59. The summed E-state index contributed by atoms with van der Waals surface area (Å²) in [5.41, 5.74) is 0. The van der Waals surface area contributed by atoms with Gasteiger partial charge in [0.05, 0.1) is 0 Å². The molecule has 1 atom stereocenters. The van der Waals surface area contributed by atoms with Gasteiger partial charge in [0, 0.05) is 38.6 Å². The van der Waals surface area contributed by atoms with Crippen molar-refractivity contribution in [3.63, 3.8) is 0 Å². The third kappa shape index (κ3) is 7.13. The van der Waals surface area contributed by atoms with Gasteiger partial charge in [0.2, 0.25) is 5.91 Å². The normalized spacial score (nSPS) is 22.1. The molecule has 3 N–H and O–H groups in total. The highest BCUT2D eigenvalue weighted by Gasteiger charge is 2.28. The van der Waals surface area contributed by atoms with Crippen LogP contribution in [-0.2, 0) is 4.79 Å². The van der Waals surface area contributed by atoms with Crippen LogP contribution in [-0.4, -0.2) is 63.1 Å². The summed E-state index contributed by atoms with van der Waals surface area (Å²) in [6.45, 7) is 7.48. The molecule has 1 saturated heterocycles. The van der Waals surface area contributed by atoms with Gasteiger partial charge < -0.3 is 20.9 Å². The Morgan fingerprint density at radius 3 is 2.50 bits per heavy atom. The number of aliphatic imine (C=N–C) groups is 1. The molecule has 6 nitrogen and oxygen atoms in total. The van der Waals surface area contributed by atoms with Gasteiger partial charge in [-0.15, -0.1) is 24.0 Å². The number of carbonyl (C=O) groups excluding carboxylic acids is 1. The molecule has 1 aliphatic carbocycles. The number of nitrogens with one attached hydrogen (secondary N) is 3. The van der Waals surface area contributed by atoms with Crippen LogP contribution in [0.2, 0.25) is 0 Å². The number of nitrogens with zero attached hydrogens (tertiary/aromatic N) is 2. The second kappa shape index (κ2) is 10.3. The lowest BCUT2D eigenvalue weighted by Crippen LogP contribution is -2.42. The van der Waals surface area contributed by atoms with Crippen LogP contribution in [0.1, 0.15) is 26.2 Å². The van der Waals surface area contributed by atoms with Gasteiger partial charge in [0.1, 0.15) is 0 Å². The number of halogens is 1. The average molecular weight is 423 g/mol. The molecule has 0 spiro atoms. The van der Waals surface area contributed by atoms with Crippen molar-refractivity contribution < 1.29 is 4.79 Å². The van der Waals surface area contributed by atoms with Gasteiger partial charge in [0.25, 0.3) is 0 Å². The summed E-state index contributed by atoms with van der Waals surface area (Å²) in [5.74, 6) is 2.01. The summed E-state index contributed by atoms with van der Waals surface area (Å²) in [6, 6.07) is 0. The summed E-state index contributed by atoms with van der Waals surface area (Å²) in [4.78, 5) is 18.5. The molecule has 1 unspecified atom stereocenters. The molecule has 2 aliphatic rings. The van der Waals surface area contributed by atoms with Gasteiger partial charge >= 0.3 is 0 Å². The zero-order chi connectivity index (χ0) is 15.1. The minimum atomic E-state index is 0. The van der Waals surface area contributed by atoms with E-state index in [-0.39, 0.29) is 35.8 Å². The lowest BCUT2D eigenvalue weighted by Gasteiger charge is -2.13. The molecule has 2 rings (SSSR count). The minimum absolute atomic E-state index is 0. The van der Waals surface area contributed by atoms with Crippen molar-refractivity contribution in [3.05, 3.63) is 0 Å². The first-order valence-electron chi connectivity index (χ1n) is 8.17. The van der Waals surface area contributed by atoms with E-state index in [1.807, 2.05) is 0 Å². The Morgan fingerprint density at radius 1 is 1.18 bits per heavy atom. The molecule has 1 aliphatic heterocycles. The van der Waals surface area contributed by atoms with Crippen molar-refractivity contribution in [1.82, 2.24) is 20.9 Å². The standard InChI is InChI=1S/C15H29N5O.HI/c1-3-16-15(19-10-12-6-9-20(2)11-12)18-8-7-17-14(21)13-4-5-13;/h12-13H,3-11H2,1-2H3,(H,17,21)(H2,16,18,19);1H. The second-order valence-corrected chi connectivity index (χ2v) is 6.13. The number of carbonyl (C=O) groups is 1. The Labute approximate surface area is 150 Å². The van der Waals surface area contributed by atoms with Crippen molar-refractivity contribution in [2.75, 3.05) is 46.3 Å². The highest BCUT2D eigenvalue weighted by Crippen LogP contribution is 2.28. The molecule has 1 amide bonds. The maximum Gasteiger partial charge on any atom is 0.223 e. The maximum atomic E-state index is 11.5. The van der Waals surface area contributed by atoms with Crippen molar-refractivity contribution in [3.8, 4) is 0 Å². The summed E-state index contributed by atoms with van der Waals surface area (Å²) < 4.78 is 0. The summed E-state index contributed by atoms with van der Waals surface area (Å²) >= 11 is 0. The number of hydrogen-bond acceptors (Lipinski definition) is 3. The lowest BCUT2D eigenvalue weighted by molar-refractivity contribution is -0.122. The van der Waals surface area contributed by atoms with Crippen LogP contribution >= 0.6 is 24.0 Å². The molecule has 7 heteroatoms. The zero-order valence-corrected chi connectivity index (χ0v) is 16.1. The van der Waals surface area contributed by atoms with Crippen molar-refractivity contribution in [2.45, 2.75) is 26.2 Å². The van der Waals surface area contributed by atoms with Crippen LogP contribution in [0.3, 0.4) is 0 Å². The third-order valence-corrected chi connectivity index (χ3v) is 4.01. The monoisotopic (exact) mass is 423 g/mol. The molecular weight excluding hydrogens is 393 g/mol. The second-order valence-electron chi connectivity index (χ2n) is 6.13. The minimum Gasteiger partial charge on any atom is -0.357 e. The van der Waals surface area contributed by atoms with Crippen LogP contribution in [0.25, 0.3) is 0 Å². The van der Waals surface area contributed by atoms with Gasteiger partial charge in [-0.05, 0) is 45.7 Å². The molecule has 2 fully saturated rings. The topological polar surface area (TPSA) is 68.8 Å². The molecule has 0 aromatic heterocycles. The van der Waals surface area contributed by atoms with Crippen molar-refractivity contribution in [1.29, 1.82) is 0 Å². The fourth-order valence-corrected chi connectivity index (χ4v) is 2.59. The van der Waals surface area contributed by atoms with E-state index in [1.54, 1.807) is 0 Å². The van der Waals surface area contributed by atoms with E-state index in [0.29, 0.717) is 12.5 Å². The van der Waals surface area contributed by atoms with E-state index in [4.69, 9.17) is 0 Å². The molecule has 1 heterocycles. The lowest BCUT2D eigenvalue weighted by atomic mass is 10.1. The predicted molar refractivity (Wildman–Crippen MR) is 101 cm³/mol. The zero-order valence-electron chi connectivity index (χ0n) is 13.7. The SMILES string of the molecule is CCNC(=NCC1CCN(C)C1)NCCNC(=O)C1CC1.I. The van der Waals surface area contributed by atoms with E-state index < -0.39 is 0 Å². The number of likely N-dealkylation sites (tertiary alicyclic amines) is 1. The highest BCUT2D eigenvalue weighted by molar-refractivity contribution is 14.0. The summed E-state index contributed by atoms with van der Waals surface area (Å²) in [5, 5.41) is 9.49. The maximum absolute atomic E-state index is 11.5. The molecule has 0 bridgehead atoms. The van der Waals surface area contributed by atoms with Gasteiger partial charge in [0.15, 0.2) is 5.96 Å². The van der Waals surface area contributed by atoms with Gasteiger partial charge in [-0.3, -0.25) is 9.79 Å². The van der Waals surface area contributed by atoms with Gasteiger partial charge in [-0.25, -0.2) is 0 Å². The molecular formula is C15H30IN5O. The Kier molecular flexibility index (Phi) is 9.08. The predicted octanol–water partition coefficient (Wildman–Crippen LogP) is 0.637. The quantitative estimate of drug-likeness (QED) is 0.243. The van der Waals surface area contributed by atoms with E-state index in [0.717, 1.165) is 45.0 Å². The highest BCUT2D eigenvalue weighted by atomic mass is 127. The average Bonchev–Trinajstić information content (AvgIpc) is 3.24. The molecule has 0 aromatic carbocycles. The first kappa shape index (κ1) is 19.5. The van der Waals surface area contributed by atoms with Crippen molar-refractivity contribution in [2.24, 2.45) is 16.8 Å². The number of rotatable bonds is 7. The van der Waals surface area contributed by atoms with E-state index in [2.05, 4.69) is 39.8 Å². The number of amides is 1. The van der Waals surface area contributed by atoms with Crippen LogP contribution < -0.4 is 16.0 Å². The Morgan fingerprint density at radius 2 is 1.91 bits per heavy atom. The molecule has 22 heavy (non-hydrogen) atoms. The smallest absolute Gasteiger partial charge is 0.223 e. The first-order valence-corrected chi connectivity index (χ1v) is 8.17. The Balaban J connectivity index is 0.00000242. The molecule has 0 aromatic rings. The first-order chi connectivity index (χ1) is 10.2. The molecule has 128 valence electrons. The van der Waals surface area contributed by atoms with Crippen LogP contribution in [0.15, 0.2) is 4.99 Å². The van der Waals surface area contributed by atoms with Crippen LogP contribution in [0.5, 0.6) is 0 Å². The number of guanidine groups is 1. The molecule has 0 radical (unpaired) electrons. The fraction of sp³-hybridized carbons (Fsp3) is 0.867. The Hall–Kier alpha value is -0.570. The number of hydrogen-bond donors (Lipinski definition) is 3. The summed E-state index contributed by atoms with van der Waals surface area (Å²) in [6.07, 6.45) is 3.34. The Bertz CT molecular complexity index is 373. The largest absolute Gasteiger partial charge is 0.357 e. The van der Waals surface area contributed by atoms with E-state index in [1.165, 1.54) is 13.0 Å². The van der Waals surface area contributed by atoms with E-state index in [9.17, 15) is 4.79 Å². The van der Waals surface area contributed by atoms with Crippen molar-refractivity contribution >= 4 is 35.8 Å². The van der Waals surface area contributed by atoms with Gasteiger partial charge in [-0.1, -0.05) is 0 Å². The third-order valence-electron chi connectivity index (χ3n) is 4.01. The molecule has 1 saturated carbocycles. The van der Waals surface area contributed by atoms with E-state index >= 15 is 0 Å². The van der Waals surface area contributed by atoms with Crippen LogP contribution in [0.4, 0.5) is 0 Å². The summed E-state index contributed by atoms with van der Waals surface area (Å²) in [7, 11) is 2.16.